The number of anilines is 1. The molecule has 0 spiro atoms. The lowest BCUT2D eigenvalue weighted by Crippen LogP contribution is -2.20. The molecule has 0 heterocycles. The van der Waals surface area contributed by atoms with Gasteiger partial charge in [-0.3, -0.25) is 0 Å². The quantitative estimate of drug-likeness (QED) is 0.0378. The number of carbonyl (C=O) groups excluding carboxylic acids is 3. The number of rotatable bonds is 51. The third kappa shape index (κ3) is 36.0. The number of unbranched alkanes of at least 4 members (excludes halogenated alkanes) is 18. The van der Waals surface area contributed by atoms with E-state index in [1.807, 2.05) is 0 Å². The van der Waals surface area contributed by atoms with E-state index in [4.69, 9.17) is 52.1 Å². The van der Waals surface area contributed by atoms with Crippen molar-refractivity contribution in [3.8, 4) is 5.75 Å². The molecule has 0 fully saturated rings. The van der Waals surface area contributed by atoms with Crippen LogP contribution in [0.25, 0.3) is 0 Å². The van der Waals surface area contributed by atoms with Gasteiger partial charge in [0.05, 0.1) is 109 Å². The van der Waals surface area contributed by atoms with Crippen molar-refractivity contribution in [2.24, 2.45) is 0 Å². The van der Waals surface area contributed by atoms with Gasteiger partial charge in [-0.15, -0.1) is 0 Å². The van der Waals surface area contributed by atoms with Crippen LogP contribution in [0.15, 0.2) is 42.5 Å². The fraction of sp³-hybridized carbons (Fsp3) is 0.732. The van der Waals surface area contributed by atoms with Crippen LogP contribution in [0.3, 0.4) is 0 Å². The molecule has 15 heteroatoms. The topological polar surface area (TPSA) is 165 Å². The van der Waals surface area contributed by atoms with Gasteiger partial charge in [-0.05, 0) is 55.3 Å². The van der Waals surface area contributed by atoms with Crippen molar-refractivity contribution < 1.29 is 66.5 Å². The van der Waals surface area contributed by atoms with Crippen molar-refractivity contribution >= 4 is 23.6 Å². The second-order valence-electron chi connectivity index (χ2n) is 17.5. The molecule has 0 aliphatic carbocycles. The predicted molar refractivity (Wildman–Crippen MR) is 278 cm³/mol. The van der Waals surface area contributed by atoms with E-state index in [9.17, 15) is 14.4 Å². The number of carbonyl (C=O) groups is 3. The summed E-state index contributed by atoms with van der Waals surface area (Å²) in [5, 5.41) is 3.00. The molecule has 15 nitrogen and oxygen atoms in total. The van der Waals surface area contributed by atoms with Crippen LogP contribution in [-0.4, -0.2) is 144 Å². The number of hydrogen-bond donors (Lipinski definition) is 1. The molecule has 0 atom stereocenters. The maximum absolute atomic E-state index is 13.3. The van der Waals surface area contributed by atoms with Gasteiger partial charge in [-0.1, -0.05) is 129 Å². The minimum absolute atomic E-state index is 0.0436. The Morgan fingerprint density at radius 1 is 0.352 bits per heavy atom. The fourth-order valence-electron chi connectivity index (χ4n) is 7.32. The number of ether oxygens (including phenoxy) is 11. The summed E-state index contributed by atoms with van der Waals surface area (Å²) < 4.78 is 61.1. The minimum atomic E-state index is -0.830. The Morgan fingerprint density at radius 3 is 1.04 bits per heavy atom. The maximum Gasteiger partial charge on any atom is 0.343 e. The smallest absolute Gasteiger partial charge is 0.343 e. The molecule has 2 rings (SSSR count). The number of hydrogen-bond acceptors (Lipinski definition) is 15. The molecule has 0 radical (unpaired) electrons. The van der Waals surface area contributed by atoms with Gasteiger partial charge in [0, 0.05) is 25.9 Å². The van der Waals surface area contributed by atoms with E-state index < -0.39 is 17.9 Å². The molecule has 2 aromatic rings. The van der Waals surface area contributed by atoms with Gasteiger partial charge in [0.15, 0.2) is 0 Å². The Labute approximate surface area is 427 Å². The Kier molecular flexibility index (Phi) is 42.3. The molecule has 0 saturated heterocycles. The Hall–Kier alpha value is -3.67. The first kappa shape index (κ1) is 63.4. The SMILES string of the molecule is CCCCCCCCCCCCOCCOCCOCCOCCOC(=O)c1ccc(C(=O)Oc2ccc(NC)cc2)cc1C(=O)OCCOCCOCCOCCOCCCCCCCCCCCC. The summed E-state index contributed by atoms with van der Waals surface area (Å²) in [5.41, 5.74) is 0.660. The van der Waals surface area contributed by atoms with Crippen LogP contribution in [0.4, 0.5) is 5.69 Å². The van der Waals surface area contributed by atoms with E-state index >= 15 is 0 Å². The molecule has 2 aromatic carbocycles. The third-order valence-corrected chi connectivity index (χ3v) is 11.5. The summed E-state index contributed by atoms with van der Waals surface area (Å²) in [6.07, 6.45) is 26.1. The molecule has 0 unspecified atom stereocenters. The maximum atomic E-state index is 13.3. The molecule has 71 heavy (non-hydrogen) atoms. The lowest BCUT2D eigenvalue weighted by Gasteiger charge is -2.12. The number of esters is 3. The van der Waals surface area contributed by atoms with E-state index in [0.29, 0.717) is 78.4 Å². The summed E-state index contributed by atoms with van der Waals surface area (Å²) >= 11 is 0. The number of nitrogens with one attached hydrogen (secondary N) is 1. The van der Waals surface area contributed by atoms with Crippen molar-refractivity contribution in [1.82, 2.24) is 0 Å². The molecule has 0 saturated carbocycles. The molecular formula is C56H93NO14. The third-order valence-electron chi connectivity index (χ3n) is 11.5. The molecule has 0 amide bonds. The Morgan fingerprint density at radius 2 is 0.676 bits per heavy atom. The lowest BCUT2D eigenvalue weighted by atomic mass is 10.0. The predicted octanol–water partition coefficient (Wildman–Crippen LogP) is 11.2. The highest BCUT2D eigenvalue weighted by molar-refractivity contribution is 6.05. The van der Waals surface area contributed by atoms with Crippen LogP contribution in [0.1, 0.15) is 173 Å². The van der Waals surface area contributed by atoms with E-state index in [0.717, 1.165) is 31.7 Å². The largest absolute Gasteiger partial charge is 0.460 e. The van der Waals surface area contributed by atoms with E-state index in [1.165, 1.54) is 134 Å². The molecule has 0 bridgehead atoms. The highest BCUT2D eigenvalue weighted by Gasteiger charge is 2.23. The van der Waals surface area contributed by atoms with Crippen LogP contribution in [0, 0.1) is 0 Å². The molecule has 0 aliphatic heterocycles. The zero-order valence-corrected chi connectivity index (χ0v) is 44.1. The average Bonchev–Trinajstić information content (AvgIpc) is 3.38. The molecular weight excluding hydrogens is 911 g/mol. The standard InChI is InChI=1S/C56H93NO14/c1-4-6-8-10-12-14-16-18-20-22-30-61-32-34-63-36-38-65-40-42-67-44-46-69-55(59)52-29-24-49(54(58)71-51-27-25-50(57-3)26-28-51)48-53(52)56(60)70-47-45-68-43-41-66-39-37-64-35-33-62-31-23-21-19-17-15-13-11-9-7-5-2/h24-29,48,57H,4-23,30-47H2,1-3H3. The van der Waals surface area contributed by atoms with Crippen LogP contribution < -0.4 is 10.1 Å². The molecule has 406 valence electrons. The summed E-state index contributed by atoms with van der Waals surface area (Å²) in [5.74, 6) is -2.02. The van der Waals surface area contributed by atoms with Gasteiger partial charge in [-0.2, -0.15) is 0 Å². The number of benzene rings is 2. The van der Waals surface area contributed by atoms with E-state index in [2.05, 4.69) is 19.2 Å². The van der Waals surface area contributed by atoms with Gasteiger partial charge in [-0.25, -0.2) is 14.4 Å². The zero-order chi connectivity index (χ0) is 50.9. The van der Waals surface area contributed by atoms with Crippen LogP contribution in [0.2, 0.25) is 0 Å². The van der Waals surface area contributed by atoms with Crippen LogP contribution in [0.5, 0.6) is 5.75 Å². The van der Waals surface area contributed by atoms with Gasteiger partial charge in [0.1, 0.15) is 19.0 Å². The highest BCUT2D eigenvalue weighted by atomic mass is 16.6. The average molecular weight is 1000 g/mol. The summed E-state index contributed by atoms with van der Waals surface area (Å²) in [6.45, 7) is 11.3. The van der Waals surface area contributed by atoms with Crippen molar-refractivity contribution in [3.05, 3.63) is 59.2 Å². The first-order valence-electron chi connectivity index (χ1n) is 27.1. The summed E-state index contributed by atoms with van der Waals surface area (Å²) in [7, 11) is 1.78. The van der Waals surface area contributed by atoms with Crippen molar-refractivity contribution in [3.63, 3.8) is 0 Å². The molecule has 0 aromatic heterocycles. The zero-order valence-electron chi connectivity index (χ0n) is 44.1. The van der Waals surface area contributed by atoms with Gasteiger partial charge in [0.25, 0.3) is 0 Å². The van der Waals surface area contributed by atoms with Crippen molar-refractivity contribution in [2.45, 2.75) is 142 Å². The Balaban J connectivity index is 1.59. The van der Waals surface area contributed by atoms with Crippen molar-refractivity contribution in [2.75, 3.05) is 131 Å². The molecule has 1 N–H and O–H groups in total. The fourth-order valence-corrected chi connectivity index (χ4v) is 7.32. The minimum Gasteiger partial charge on any atom is -0.460 e. The first-order valence-corrected chi connectivity index (χ1v) is 27.1. The van der Waals surface area contributed by atoms with Crippen LogP contribution >= 0.6 is 0 Å². The normalized spacial score (nSPS) is 11.3. The lowest BCUT2D eigenvalue weighted by molar-refractivity contribution is -0.00972. The summed E-state index contributed by atoms with van der Waals surface area (Å²) in [4.78, 5) is 39.6. The van der Waals surface area contributed by atoms with Gasteiger partial charge in [0.2, 0.25) is 0 Å². The first-order chi connectivity index (χ1) is 35.0. The van der Waals surface area contributed by atoms with E-state index in [-0.39, 0.29) is 49.7 Å². The van der Waals surface area contributed by atoms with Crippen molar-refractivity contribution in [1.29, 1.82) is 0 Å². The van der Waals surface area contributed by atoms with E-state index in [1.54, 1.807) is 31.3 Å². The highest BCUT2D eigenvalue weighted by Crippen LogP contribution is 2.20. The molecule has 0 aliphatic rings. The second-order valence-corrected chi connectivity index (χ2v) is 17.5. The van der Waals surface area contributed by atoms with Gasteiger partial charge >= 0.3 is 17.9 Å². The second kappa shape index (κ2) is 47.3. The monoisotopic (exact) mass is 1000 g/mol. The Bertz CT molecular complexity index is 1560. The van der Waals surface area contributed by atoms with Crippen LogP contribution in [-0.2, 0) is 47.4 Å². The summed E-state index contributed by atoms with van der Waals surface area (Å²) in [6, 6.07) is 10.8. The van der Waals surface area contributed by atoms with Gasteiger partial charge < -0.3 is 57.4 Å².